The first-order valence-electron chi connectivity index (χ1n) is 6.39. The van der Waals surface area contributed by atoms with Crippen molar-refractivity contribution >= 4 is 5.69 Å². The van der Waals surface area contributed by atoms with Crippen molar-refractivity contribution in [1.29, 1.82) is 0 Å². The van der Waals surface area contributed by atoms with Gasteiger partial charge in [0.05, 0.1) is 0 Å². The smallest absolute Gasteiger partial charge is 0.0361 e. The lowest BCUT2D eigenvalue weighted by Crippen LogP contribution is -2.42. The summed E-state index contributed by atoms with van der Waals surface area (Å²) in [4.78, 5) is 4.58. The second-order valence-electron chi connectivity index (χ2n) is 5.20. The third kappa shape index (κ3) is 3.45. The van der Waals surface area contributed by atoms with Gasteiger partial charge >= 0.3 is 0 Å². The van der Waals surface area contributed by atoms with E-state index in [1.54, 1.807) is 0 Å². The zero-order chi connectivity index (χ0) is 12.3. The predicted octanol–water partition coefficient (Wildman–Crippen LogP) is 1.68. The number of likely N-dealkylation sites (tertiary alicyclic amines) is 1. The summed E-state index contributed by atoms with van der Waals surface area (Å²) in [6.45, 7) is 3.25. The molecular weight excluding hydrogens is 210 g/mol. The highest BCUT2D eigenvalue weighted by atomic mass is 15.1. The minimum Gasteiger partial charge on any atom is -0.378 e. The number of rotatable bonds is 3. The third-order valence-corrected chi connectivity index (χ3v) is 3.40. The van der Waals surface area contributed by atoms with Crippen LogP contribution in [0.3, 0.4) is 0 Å². The second kappa shape index (κ2) is 5.52. The molecule has 1 fully saturated rings. The number of nitrogens with zero attached hydrogens (tertiary/aromatic N) is 2. The number of benzene rings is 1. The van der Waals surface area contributed by atoms with Gasteiger partial charge in [0.1, 0.15) is 0 Å². The Labute approximate surface area is 104 Å². The maximum absolute atomic E-state index is 5.99. The Morgan fingerprint density at radius 1 is 1.29 bits per heavy atom. The third-order valence-electron chi connectivity index (χ3n) is 3.40. The van der Waals surface area contributed by atoms with Crippen LogP contribution in [0, 0.1) is 0 Å². The number of hydrogen-bond donors (Lipinski definition) is 1. The van der Waals surface area contributed by atoms with Gasteiger partial charge in [-0.05, 0) is 37.1 Å². The Morgan fingerprint density at radius 2 is 2.00 bits per heavy atom. The van der Waals surface area contributed by atoms with E-state index in [0.29, 0.717) is 6.04 Å². The maximum Gasteiger partial charge on any atom is 0.0361 e. The summed E-state index contributed by atoms with van der Waals surface area (Å²) in [5, 5.41) is 0. The van der Waals surface area contributed by atoms with Gasteiger partial charge in [0.15, 0.2) is 0 Å². The second-order valence-corrected chi connectivity index (χ2v) is 5.20. The summed E-state index contributed by atoms with van der Waals surface area (Å²) in [5.41, 5.74) is 8.63. The normalized spacial score (nSPS) is 21.5. The summed E-state index contributed by atoms with van der Waals surface area (Å²) in [6.07, 6.45) is 2.41. The Morgan fingerprint density at radius 3 is 2.59 bits per heavy atom. The van der Waals surface area contributed by atoms with Crippen molar-refractivity contribution in [1.82, 2.24) is 4.90 Å². The standard InChI is InChI=1S/C14H23N3/c1-16(2)14-7-5-12(6-8-14)10-17-9-3-4-13(15)11-17/h5-8,13H,3-4,9-11,15H2,1-2H3/t13-/m1/s1. The minimum absolute atomic E-state index is 0.366. The van der Waals surface area contributed by atoms with Crippen LogP contribution < -0.4 is 10.6 Å². The van der Waals surface area contributed by atoms with Crippen LogP contribution in [-0.4, -0.2) is 38.1 Å². The topological polar surface area (TPSA) is 32.5 Å². The fourth-order valence-corrected chi connectivity index (χ4v) is 2.39. The van der Waals surface area contributed by atoms with E-state index < -0.39 is 0 Å². The van der Waals surface area contributed by atoms with Gasteiger partial charge in [-0.1, -0.05) is 12.1 Å². The molecule has 1 aromatic carbocycles. The monoisotopic (exact) mass is 233 g/mol. The molecule has 2 N–H and O–H groups in total. The summed E-state index contributed by atoms with van der Waals surface area (Å²) >= 11 is 0. The van der Waals surface area contributed by atoms with Gasteiger partial charge in [-0.25, -0.2) is 0 Å². The number of piperidine rings is 1. The molecule has 94 valence electrons. The SMILES string of the molecule is CN(C)c1ccc(CN2CCC[C@@H](N)C2)cc1. The molecule has 3 heteroatoms. The van der Waals surface area contributed by atoms with Crippen molar-refractivity contribution < 1.29 is 0 Å². The van der Waals surface area contributed by atoms with Gasteiger partial charge in [-0.15, -0.1) is 0 Å². The highest BCUT2D eigenvalue weighted by Crippen LogP contribution is 2.16. The lowest BCUT2D eigenvalue weighted by Gasteiger charge is -2.30. The van der Waals surface area contributed by atoms with E-state index in [0.717, 1.165) is 13.1 Å². The van der Waals surface area contributed by atoms with E-state index in [1.807, 2.05) is 0 Å². The fraction of sp³-hybridized carbons (Fsp3) is 0.571. The average molecular weight is 233 g/mol. The summed E-state index contributed by atoms with van der Waals surface area (Å²) in [5.74, 6) is 0. The van der Waals surface area contributed by atoms with Crippen molar-refractivity contribution in [3.05, 3.63) is 29.8 Å². The molecule has 1 atom stereocenters. The van der Waals surface area contributed by atoms with Crippen LogP contribution in [0.25, 0.3) is 0 Å². The summed E-state index contributed by atoms with van der Waals surface area (Å²) in [6, 6.07) is 9.16. The van der Waals surface area contributed by atoms with Crippen LogP contribution in [0.2, 0.25) is 0 Å². The molecule has 0 amide bonds. The van der Waals surface area contributed by atoms with Crippen LogP contribution in [-0.2, 0) is 6.54 Å². The molecule has 1 aromatic rings. The fourth-order valence-electron chi connectivity index (χ4n) is 2.39. The Hall–Kier alpha value is -1.06. The maximum atomic E-state index is 5.99. The predicted molar refractivity (Wildman–Crippen MR) is 73.3 cm³/mol. The first-order chi connectivity index (χ1) is 8.15. The van der Waals surface area contributed by atoms with Gasteiger partial charge < -0.3 is 10.6 Å². The Balaban J connectivity index is 1.94. The quantitative estimate of drug-likeness (QED) is 0.862. The van der Waals surface area contributed by atoms with Crippen LogP contribution >= 0.6 is 0 Å². The van der Waals surface area contributed by atoms with E-state index in [2.05, 4.69) is 48.2 Å². The average Bonchev–Trinajstić information content (AvgIpc) is 2.29. The molecule has 1 aliphatic rings. The lowest BCUT2D eigenvalue weighted by molar-refractivity contribution is 0.201. The van der Waals surface area contributed by atoms with E-state index in [4.69, 9.17) is 5.73 Å². The molecule has 0 spiro atoms. The molecule has 1 aliphatic heterocycles. The highest BCUT2D eigenvalue weighted by molar-refractivity contribution is 5.45. The lowest BCUT2D eigenvalue weighted by atomic mass is 10.1. The van der Waals surface area contributed by atoms with Crippen LogP contribution in [0.4, 0.5) is 5.69 Å². The zero-order valence-corrected chi connectivity index (χ0v) is 10.9. The van der Waals surface area contributed by atoms with Crippen molar-refractivity contribution in [2.24, 2.45) is 5.73 Å². The van der Waals surface area contributed by atoms with E-state index in [9.17, 15) is 0 Å². The minimum atomic E-state index is 0.366. The van der Waals surface area contributed by atoms with Crippen LogP contribution in [0.15, 0.2) is 24.3 Å². The number of hydrogen-bond acceptors (Lipinski definition) is 3. The first-order valence-corrected chi connectivity index (χ1v) is 6.39. The molecule has 1 heterocycles. The van der Waals surface area contributed by atoms with Crippen molar-refractivity contribution in [3.63, 3.8) is 0 Å². The molecular formula is C14H23N3. The molecule has 2 rings (SSSR count). The van der Waals surface area contributed by atoms with Crippen molar-refractivity contribution in [2.45, 2.75) is 25.4 Å². The Bertz CT molecular complexity index is 345. The van der Waals surface area contributed by atoms with Crippen molar-refractivity contribution in [2.75, 3.05) is 32.1 Å². The van der Waals surface area contributed by atoms with E-state index >= 15 is 0 Å². The Kier molecular flexibility index (Phi) is 4.02. The molecule has 0 radical (unpaired) electrons. The molecule has 0 bridgehead atoms. The first kappa shape index (κ1) is 12.4. The molecule has 3 nitrogen and oxygen atoms in total. The summed E-state index contributed by atoms with van der Waals surface area (Å²) in [7, 11) is 4.14. The highest BCUT2D eigenvalue weighted by Gasteiger charge is 2.16. The van der Waals surface area contributed by atoms with E-state index in [1.165, 1.54) is 30.6 Å². The van der Waals surface area contributed by atoms with Crippen molar-refractivity contribution in [3.8, 4) is 0 Å². The van der Waals surface area contributed by atoms with Gasteiger partial charge in [0, 0.05) is 38.9 Å². The van der Waals surface area contributed by atoms with Gasteiger partial charge in [-0.3, -0.25) is 4.90 Å². The molecule has 0 unspecified atom stereocenters. The molecule has 0 aromatic heterocycles. The zero-order valence-electron chi connectivity index (χ0n) is 10.9. The number of anilines is 1. The molecule has 0 saturated carbocycles. The largest absolute Gasteiger partial charge is 0.378 e. The van der Waals surface area contributed by atoms with Crippen LogP contribution in [0.5, 0.6) is 0 Å². The van der Waals surface area contributed by atoms with Crippen LogP contribution in [0.1, 0.15) is 18.4 Å². The molecule has 0 aliphatic carbocycles. The van der Waals surface area contributed by atoms with E-state index in [-0.39, 0.29) is 0 Å². The van der Waals surface area contributed by atoms with Gasteiger partial charge in [0.2, 0.25) is 0 Å². The summed E-state index contributed by atoms with van der Waals surface area (Å²) < 4.78 is 0. The molecule has 1 saturated heterocycles. The van der Waals surface area contributed by atoms with Gasteiger partial charge in [0.25, 0.3) is 0 Å². The van der Waals surface area contributed by atoms with Gasteiger partial charge in [-0.2, -0.15) is 0 Å². The number of nitrogens with two attached hydrogens (primary N) is 1. The molecule has 17 heavy (non-hydrogen) atoms.